The van der Waals surface area contributed by atoms with Crippen molar-refractivity contribution in [3.8, 4) is 0 Å². The fourth-order valence-corrected chi connectivity index (χ4v) is 6.01. The Morgan fingerprint density at radius 1 is 0.625 bits per heavy atom. The Bertz CT molecular complexity index is 1180. The molecule has 0 amide bonds. The molecule has 0 aromatic heterocycles. The van der Waals surface area contributed by atoms with Gasteiger partial charge in [0.2, 0.25) is 0 Å². The van der Waals surface area contributed by atoms with Gasteiger partial charge in [0.15, 0.2) is 6.10 Å². The van der Waals surface area contributed by atoms with Crippen molar-refractivity contribution in [1.82, 2.24) is 0 Å². The first-order valence-electron chi connectivity index (χ1n) is 21.0. The minimum atomic E-state index is -4.64. The minimum absolute atomic E-state index is 0.0989. The first kappa shape index (κ1) is 53.4. The second-order valence-corrected chi connectivity index (χ2v) is 15.3. The van der Waals surface area contributed by atoms with Crippen LogP contribution < -0.4 is 0 Å². The molecule has 56 heavy (non-hydrogen) atoms. The summed E-state index contributed by atoms with van der Waals surface area (Å²) < 4.78 is 32.6. The fourth-order valence-electron chi connectivity index (χ4n) is 5.22. The quantitative estimate of drug-likeness (QED) is 0.0154. The average molecular weight is 811 g/mol. The number of ether oxygens (including phenoxy) is 2. The SMILES string of the molecule is CC/C=C\CC(O)/C=C/C=C/C/C=C\C/C=C\C/C=C\CCC(=O)OC[C@H](COP(=O)(O)OC[C@@H](O)CO)OC(=O)CCCCCCCCCCCCCCC. The van der Waals surface area contributed by atoms with Gasteiger partial charge in [-0.05, 0) is 44.9 Å². The first-order chi connectivity index (χ1) is 27.1. The Morgan fingerprint density at radius 3 is 1.77 bits per heavy atom. The summed E-state index contributed by atoms with van der Waals surface area (Å²) in [4.78, 5) is 34.9. The van der Waals surface area contributed by atoms with Crippen LogP contribution in [0.2, 0.25) is 0 Å². The van der Waals surface area contributed by atoms with Crippen LogP contribution >= 0.6 is 7.82 Å². The molecule has 2 unspecified atom stereocenters. The topological polar surface area (TPSA) is 169 Å². The van der Waals surface area contributed by atoms with E-state index in [2.05, 4.69) is 36.6 Å². The summed E-state index contributed by atoms with van der Waals surface area (Å²) in [6.07, 6.45) is 40.7. The van der Waals surface area contributed by atoms with Crippen LogP contribution in [0.3, 0.4) is 0 Å². The van der Waals surface area contributed by atoms with Gasteiger partial charge in [0.25, 0.3) is 0 Å². The molecule has 0 aliphatic carbocycles. The summed E-state index contributed by atoms with van der Waals surface area (Å²) in [6.45, 7) is 2.06. The number of hydrogen-bond acceptors (Lipinski definition) is 10. The molecule has 0 fully saturated rings. The molecule has 0 aromatic rings. The molecule has 0 saturated carbocycles. The molecule has 0 radical (unpaired) electrons. The number of carbonyl (C=O) groups is 2. The molecule has 0 heterocycles. The number of aliphatic hydroxyl groups is 3. The third kappa shape index (κ3) is 38.3. The van der Waals surface area contributed by atoms with Crippen molar-refractivity contribution in [3.63, 3.8) is 0 Å². The number of hydrogen-bond donors (Lipinski definition) is 4. The van der Waals surface area contributed by atoms with Gasteiger partial charge in [-0.15, -0.1) is 0 Å². The molecule has 4 N–H and O–H groups in total. The molecule has 0 aromatic carbocycles. The zero-order valence-corrected chi connectivity index (χ0v) is 35.3. The van der Waals surface area contributed by atoms with Crippen molar-refractivity contribution in [2.24, 2.45) is 0 Å². The summed E-state index contributed by atoms with van der Waals surface area (Å²) in [5, 5.41) is 28.1. The zero-order chi connectivity index (χ0) is 41.4. The maximum Gasteiger partial charge on any atom is 0.472 e. The van der Waals surface area contributed by atoms with E-state index in [0.29, 0.717) is 19.3 Å². The van der Waals surface area contributed by atoms with Crippen LogP contribution in [0.15, 0.2) is 72.9 Å². The maximum absolute atomic E-state index is 12.6. The van der Waals surface area contributed by atoms with Gasteiger partial charge in [-0.25, -0.2) is 4.57 Å². The predicted octanol–water partition coefficient (Wildman–Crippen LogP) is 9.86. The molecule has 0 aliphatic heterocycles. The van der Waals surface area contributed by atoms with Crippen molar-refractivity contribution < 1.29 is 52.9 Å². The first-order valence-corrected chi connectivity index (χ1v) is 22.5. The standard InChI is InChI=1S/C44H75O11P/c1-3-5-7-8-9-10-11-13-18-21-24-27-31-35-44(49)55-42(39-54-56(50,51)53-37-41(47)36-45)38-52-43(48)34-30-26-23-20-17-15-12-14-16-19-22-25-29-33-40(46)32-28-6-4-2/h6,14-17,22-23,25-26,28-29,33,40-42,45-47H,3-5,7-13,18-21,24,27,30-32,34-39H2,1-2H3,(H,50,51)/b16-14-,17-15-,25-22+,26-23-,28-6-,33-29+/t40?,41-,42+/m0/s1. The summed E-state index contributed by atoms with van der Waals surface area (Å²) in [5.74, 6) is -1.05. The molecule has 0 aliphatic rings. The molecule has 0 rings (SSSR count). The highest BCUT2D eigenvalue weighted by molar-refractivity contribution is 7.47. The lowest BCUT2D eigenvalue weighted by atomic mass is 10.0. The molecule has 322 valence electrons. The largest absolute Gasteiger partial charge is 0.472 e. The van der Waals surface area contributed by atoms with Crippen LogP contribution in [-0.2, 0) is 32.7 Å². The third-order valence-electron chi connectivity index (χ3n) is 8.47. The smallest absolute Gasteiger partial charge is 0.462 e. The Labute approximate surface area is 338 Å². The number of unbranched alkanes of at least 4 members (excludes halogenated alkanes) is 12. The van der Waals surface area contributed by atoms with Gasteiger partial charge in [-0.2, -0.15) is 0 Å². The second kappa shape index (κ2) is 39.2. The third-order valence-corrected chi connectivity index (χ3v) is 9.42. The molecule has 4 atom stereocenters. The predicted molar refractivity (Wildman–Crippen MR) is 225 cm³/mol. The van der Waals surface area contributed by atoms with Gasteiger partial charge in [0, 0.05) is 12.8 Å². The Morgan fingerprint density at radius 2 is 1.18 bits per heavy atom. The van der Waals surface area contributed by atoms with E-state index < -0.39 is 57.9 Å². The van der Waals surface area contributed by atoms with Gasteiger partial charge in [-0.1, -0.05) is 164 Å². The average Bonchev–Trinajstić information content (AvgIpc) is 3.18. The highest BCUT2D eigenvalue weighted by Crippen LogP contribution is 2.43. The lowest BCUT2D eigenvalue weighted by molar-refractivity contribution is -0.161. The monoisotopic (exact) mass is 811 g/mol. The second-order valence-electron chi connectivity index (χ2n) is 13.8. The highest BCUT2D eigenvalue weighted by Gasteiger charge is 2.27. The van der Waals surface area contributed by atoms with E-state index >= 15 is 0 Å². The summed E-state index contributed by atoms with van der Waals surface area (Å²) in [7, 11) is -4.64. The number of carbonyl (C=O) groups excluding carboxylic acids is 2. The summed E-state index contributed by atoms with van der Waals surface area (Å²) >= 11 is 0. The van der Waals surface area contributed by atoms with E-state index in [4.69, 9.17) is 19.1 Å². The van der Waals surface area contributed by atoms with Crippen molar-refractivity contribution >= 4 is 19.8 Å². The lowest BCUT2D eigenvalue weighted by Gasteiger charge is -2.20. The lowest BCUT2D eigenvalue weighted by Crippen LogP contribution is -2.29. The normalized spacial score (nSPS) is 15.2. The number of allylic oxidation sites excluding steroid dienone is 10. The fraction of sp³-hybridized carbons (Fsp3) is 0.682. The van der Waals surface area contributed by atoms with Crippen LogP contribution in [0, 0.1) is 0 Å². The van der Waals surface area contributed by atoms with Gasteiger partial charge >= 0.3 is 19.8 Å². The van der Waals surface area contributed by atoms with Crippen LogP contribution in [-0.4, -0.2) is 76.9 Å². The van der Waals surface area contributed by atoms with Crippen LogP contribution in [0.1, 0.15) is 149 Å². The molecule has 0 spiro atoms. The number of rotatable bonds is 38. The summed E-state index contributed by atoms with van der Waals surface area (Å²) in [6, 6.07) is 0. The van der Waals surface area contributed by atoms with E-state index in [1.165, 1.54) is 57.8 Å². The Hall–Kier alpha value is -2.63. The maximum atomic E-state index is 12.6. The van der Waals surface area contributed by atoms with Gasteiger partial charge in [0.05, 0.1) is 25.9 Å². The number of phosphoric ester groups is 1. The molecule has 11 nitrogen and oxygen atoms in total. The van der Waals surface area contributed by atoms with Gasteiger partial charge in [-0.3, -0.25) is 18.6 Å². The minimum Gasteiger partial charge on any atom is -0.462 e. The van der Waals surface area contributed by atoms with Crippen LogP contribution in [0.4, 0.5) is 0 Å². The molecule has 0 saturated heterocycles. The van der Waals surface area contributed by atoms with E-state index in [-0.39, 0.29) is 19.4 Å². The number of phosphoric acid groups is 1. The van der Waals surface area contributed by atoms with Gasteiger partial charge < -0.3 is 29.7 Å². The molecule has 0 bridgehead atoms. The van der Waals surface area contributed by atoms with E-state index in [1.807, 2.05) is 48.6 Å². The molecule has 12 heteroatoms. The van der Waals surface area contributed by atoms with Crippen LogP contribution in [0.5, 0.6) is 0 Å². The highest BCUT2D eigenvalue weighted by atomic mass is 31.2. The molecular weight excluding hydrogens is 735 g/mol. The van der Waals surface area contributed by atoms with E-state index in [0.717, 1.165) is 44.9 Å². The van der Waals surface area contributed by atoms with Crippen LogP contribution in [0.25, 0.3) is 0 Å². The number of esters is 2. The zero-order valence-electron chi connectivity index (χ0n) is 34.4. The van der Waals surface area contributed by atoms with E-state index in [9.17, 15) is 29.3 Å². The van der Waals surface area contributed by atoms with Crippen molar-refractivity contribution in [2.75, 3.05) is 26.4 Å². The summed E-state index contributed by atoms with van der Waals surface area (Å²) in [5.41, 5.74) is 0. The Balaban J connectivity index is 4.47. The van der Waals surface area contributed by atoms with Crippen molar-refractivity contribution in [2.45, 2.75) is 167 Å². The van der Waals surface area contributed by atoms with Gasteiger partial charge in [0.1, 0.15) is 12.7 Å². The molecular formula is C44H75O11P. The Kier molecular flexibility index (Phi) is 37.4. The number of aliphatic hydroxyl groups excluding tert-OH is 3. The van der Waals surface area contributed by atoms with Crippen molar-refractivity contribution in [1.29, 1.82) is 0 Å². The van der Waals surface area contributed by atoms with Crippen molar-refractivity contribution in [3.05, 3.63) is 72.9 Å². The van der Waals surface area contributed by atoms with E-state index in [1.54, 1.807) is 6.08 Å².